The lowest BCUT2D eigenvalue weighted by molar-refractivity contribution is 0.0920. The first-order valence-corrected chi connectivity index (χ1v) is 15.2. The van der Waals surface area contributed by atoms with Gasteiger partial charge in [-0.2, -0.15) is 4.31 Å². The predicted octanol–water partition coefficient (Wildman–Crippen LogP) is 3.12. The van der Waals surface area contributed by atoms with Crippen LogP contribution in [0.15, 0.2) is 24.5 Å². The highest BCUT2D eigenvalue weighted by Gasteiger charge is 2.30. The van der Waals surface area contributed by atoms with E-state index >= 15 is 0 Å². The molecule has 2 saturated heterocycles. The standard InChI is InChI=1S/C25H31FN6O4S2/c1-15-21-23(27-14-28-25(21)37-22(15)24(33)29-17-6-9-31(2)10-7-17)30-19-5-4-16(26)12-20(19)36-18-8-11-32(13-18)38(3,34)35/h4-5,12,14,17-18H,6-11,13H2,1-3H3,(H,29,33)(H,27,28,30). The predicted molar refractivity (Wildman–Crippen MR) is 145 cm³/mol. The molecule has 0 bridgehead atoms. The second-order valence-corrected chi connectivity index (χ2v) is 12.9. The first-order valence-electron chi connectivity index (χ1n) is 12.5. The van der Waals surface area contributed by atoms with E-state index in [9.17, 15) is 17.6 Å². The number of aryl methyl sites for hydroxylation is 1. The largest absolute Gasteiger partial charge is 0.487 e. The number of rotatable bonds is 7. The summed E-state index contributed by atoms with van der Waals surface area (Å²) in [6.07, 6.45) is 4.50. The van der Waals surface area contributed by atoms with E-state index in [4.69, 9.17) is 4.74 Å². The molecule has 1 unspecified atom stereocenters. The Morgan fingerprint density at radius 2 is 1.95 bits per heavy atom. The number of sulfonamides is 1. The van der Waals surface area contributed by atoms with Crippen LogP contribution in [0, 0.1) is 12.7 Å². The van der Waals surface area contributed by atoms with Crippen LogP contribution in [0.3, 0.4) is 0 Å². The highest BCUT2D eigenvalue weighted by Crippen LogP contribution is 2.37. The van der Waals surface area contributed by atoms with Gasteiger partial charge in [0.2, 0.25) is 10.0 Å². The maximum absolute atomic E-state index is 14.2. The van der Waals surface area contributed by atoms with Crippen LogP contribution < -0.4 is 15.4 Å². The summed E-state index contributed by atoms with van der Waals surface area (Å²) >= 11 is 1.31. The third-order valence-electron chi connectivity index (χ3n) is 7.05. The number of nitrogens with one attached hydrogen (secondary N) is 2. The number of hydrogen-bond donors (Lipinski definition) is 2. The fourth-order valence-corrected chi connectivity index (χ4v) is 6.81. The van der Waals surface area contributed by atoms with Crippen molar-refractivity contribution in [3.05, 3.63) is 40.8 Å². The number of amides is 1. The van der Waals surface area contributed by atoms with Gasteiger partial charge in [0, 0.05) is 18.7 Å². The van der Waals surface area contributed by atoms with E-state index in [1.807, 2.05) is 6.92 Å². The Morgan fingerprint density at radius 1 is 1.18 bits per heavy atom. The molecule has 2 aliphatic heterocycles. The minimum atomic E-state index is -3.33. The lowest BCUT2D eigenvalue weighted by Gasteiger charge is -2.29. The maximum Gasteiger partial charge on any atom is 0.261 e. The number of aromatic nitrogens is 2. The molecule has 0 radical (unpaired) electrons. The van der Waals surface area contributed by atoms with Crippen LogP contribution in [0.5, 0.6) is 5.75 Å². The number of nitrogens with zero attached hydrogens (tertiary/aromatic N) is 4. The average Bonchev–Trinajstić information content (AvgIpc) is 3.47. The van der Waals surface area contributed by atoms with Gasteiger partial charge in [0.05, 0.1) is 28.8 Å². The van der Waals surface area contributed by atoms with Crippen molar-refractivity contribution in [1.29, 1.82) is 0 Å². The summed E-state index contributed by atoms with van der Waals surface area (Å²) in [5.74, 6) is 0.136. The number of likely N-dealkylation sites (tertiary alicyclic amines) is 1. The molecule has 2 aliphatic rings. The first-order chi connectivity index (χ1) is 18.1. The second-order valence-electron chi connectivity index (χ2n) is 9.92. The second kappa shape index (κ2) is 10.7. The number of ether oxygens (including phenoxy) is 1. The molecule has 5 rings (SSSR count). The highest BCUT2D eigenvalue weighted by molar-refractivity contribution is 7.88. The van der Waals surface area contributed by atoms with Crippen LogP contribution in [0.1, 0.15) is 34.5 Å². The number of piperidine rings is 1. The van der Waals surface area contributed by atoms with E-state index in [2.05, 4.69) is 32.5 Å². The average molecular weight is 563 g/mol. The summed E-state index contributed by atoms with van der Waals surface area (Å²) in [7, 11) is -1.25. The van der Waals surface area contributed by atoms with Crippen molar-refractivity contribution in [2.24, 2.45) is 0 Å². The number of carbonyl (C=O) groups is 1. The quantitative estimate of drug-likeness (QED) is 0.451. The first kappa shape index (κ1) is 26.7. The van der Waals surface area contributed by atoms with E-state index in [-0.39, 0.29) is 24.2 Å². The van der Waals surface area contributed by atoms with Gasteiger partial charge in [0.15, 0.2) is 0 Å². The smallest absolute Gasteiger partial charge is 0.261 e. The van der Waals surface area contributed by atoms with E-state index in [1.165, 1.54) is 34.1 Å². The normalized spacial score (nSPS) is 19.6. The minimum Gasteiger partial charge on any atom is -0.487 e. The van der Waals surface area contributed by atoms with E-state index in [1.54, 1.807) is 6.07 Å². The molecule has 0 spiro atoms. The molecule has 204 valence electrons. The summed E-state index contributed by atoms with van der Waals surface area (Å²) in [5.41, 5.74) is 1.25. The summed E-state index contributed by atoms with van der Waals surface area (Å²) in [4.78, 5) is 25.4. The molecule has 1 amide bonds. The molecule has 2 N–H and O–H groups in total. The van der Waals surface area contributed by atoms with Crippen molar-refractivity contribution in [3.8, 4) is 5.75 Å². The van der Waals surface area contributed by atoms with Crippen molar-refractivity contribution in [2.45, 2.75) is 38.3 Å². The number of benzene rings is 1. The van der Waals surface area contributed by atoms with Gasteiger partial charge in [0.25, 0.3) is 5.91 Å². The Balaban J connectivity index is 1.38. The zero-order valence-corrected chi connectivity index (χ0v) is 23.2. The van der Waals surface area contributed by atoms with Gasteiger partial charge in [-0.3, -0.25) is 4.79 Å². The number of hydrogen-bond acceptors (Lipinski definition) is 9. The zero-order valence-electron chi connectivity index (χ0n) is 21.5. The van der Waals surface area contributed by atoms with Gasteiger partial charge in [-0.25, -0.2) is 22.8 Å². The van der Waals surface area contributed by atoms with E-state index in [0.717, 1.165) is 37.8 Å². The van der Waals surface area contributed by atoms with Crippen LogP contribution in [-0.4, -0.2) is 85.1 Å². The lowest BCUT2D eigenvalue weighted by atomic mass is 10.1. The Hall–Kier alpha value is -2.87. The number of carbonyl (C=O) groups excluding carboxylic acids is 1. The van der Waals surface area contributed by atoms with Gasteiger partial charge < -0.3 is 20.3 Å². The van der Waals surface area contributed by atoms with Crippen LogP contribution in [0.25, 0.3) is 10.2 Å². The summed E-state index contributed by atoms with van der Waals surface area (Å²) in [6.45, 7) is 4.32. The molecular weight excluding hydrogens is 531 g/mol. The summed E-state index contributed by atoms with van der Waals surface area (Å²) < 4.78 is 45.3. The molecule has 0 saturated carbocycles. The number of anilines is 2. The maximum atomic E-state index is 14.2. The fourth-order valence-electron chi connectivity index (χ4n) is 4.89. The molecule has 10 nitrogen and oxygen atoms in total. The molecule has 1 aromatic carbocycles. The Labute approximate surface area is 225 Å². The van der Waals surface area contributed by atoms with Crippen LogP contribution in [-0.2, 0) is 10.0 Å². The molecule has 3 aromatic rings. The topological polar surface area (TPSA) is 117 Å². The lowest BCUT2D eigenvalue weighted by Crippen LogP contribution is -2.43. The molecular formula is C25H31FN6O4S2. The van der Waals surface area contributed by atoms with Crippen molar-refractivity contribution in [1.82, 2.24) is 24.5 Å². The summed E-state index contributed by atoms with van der Waals surface area (Å²) in [6, 6.07) is 4.27. The van der Waals surface area contributed by atoms with Gasteiger partial charge in [0.1, 0.15) is 34.6 Å². The van der Waals surface area contributed by atoms with Crippen molar-refractivity contribution in [3.63, 3.8) is 0 Å². The molecule has 2 aromatic heterocycles. The van der Waals surface area contributed by atoms with E-state index < -0.39 is 21.9 Å². The number of thiophene rings is 1. The van der Waals surface area contributed by atoms with Gasteiger partial charge in [-0.05, 0) is 64.0 Å². The van der Waals surface area contributed by atoms with Gasteiger partial charge in [-0.15, -0.1) is 11.3 Å². The van der Waals surface area contributed by atoms with Crippen molar-refractivity contribution in [2.75, 3.05) is 44.8 Å². The Kier molecular flexibility index (Phi) is 7.54. The fraction of sp³-hybridized carbons (Fsp3) is 0.480. The molecule has 4 heterocycles. The van der Waals surface area contributed by atoms with Crippen LogP contribution in [0.4, 0.5) is 15.9 Å². The molecule has 38 heavy (non-hydrogen) atoms. The third kappa shape index (κ3) is 5.75. The Bertz CT molecular complexity index is 1460. The highest BCUT2D eigenvalue weighted by atomic mass is 32.2. The zero-order chi connectivity index (χ0) is 27.0. The molecule has 0 aliphatic carbocycles. The molecule has 13 heteroatoms. The third-order valence-corrected chi connectivity index (χ3v) is 9.52. The van der Waals surface area contributed by atoms with E-state index in [0.29, 0.717) is 39.6 Å². The minimum absolute atomic E-state index is 0.117. The number of halogens is 1. The number of fused-ring (bicyclic) bond motifs is 1. The Morgan fingerprint density at radius 3 is 2.66 bits per heavy atom. The van der Waals surface area contributed by atoms with Crippen LogP contribution in [0.2, 0.25) is 0 Å². The van der Waals surface area contributed by atoms with Crippen LogP contribution >= 0.6 is 11.3 Å². The van der Waals surface area contributed by atoms with Gasteiger partial charge in [-0.1, -0.05) is 0 Å². The molecule has 1 atom stereocenters. The molecule has 2 fully saturated rings. The van der Waals surface area contributed by atoms with Crippen molar-refractivity contribution < 1.29 is 22.3 Å². The monoisotopic (exact) mass is 562 g/mol. The van der Waals surface area contributed by atoms with Crippen molar-refractivity contribution >= 4 is 49.0 Å². The summed E-state index contributed by atoms with van der Waals surface area (Å²) in [5, 5.41) is 7.11. The van der Waals surface area contributed by atoms with Gasteiger partial charge >= 0.3 is 0 Å². The SMILES string of the molecule is Cc1c(C(=O)NC2CCN(C)CC2)sc2ncnc(Nc3ccc(F)cc3OC3CCN(S(C)(=O)=O)C3)c12.